The van der Waals surface area contributed by atoms with Gasteiger partial charge in [0.05, 0.1) is 12.2 Å². The predicted octanol–water partition coefficient (Wildman–Crippen LogP) is 0.344. The van der Waals surface area contributed by atoms with Crippen LogP contribution in [-0.4, -0.2) is 15.9 Å². The Kier molecular flexibility index (Phi) is 3.20. The molecule has 2 aromatic heterocycles. The number of hydrogen-bond donors (Lipinski definition) is 3. The fourth-order valence-electron chi connectivity index (χ4n) is 1.27. The monoisotopic (exact) mass is 250 g/mol. The Morgan fingerprint density at radius 1 is 1.59 bits per heavy atom. The molecule has 0 aliphatic carbocycles. The molecule has 2 heterocycles. The van der Waals surface area contributed by atoms with Gasteiger partial charge in [-0.05, 0) is 12.1 Å². The predicted molar refractivity (Wildman–Crippen MR) is 64.8 cm³/mol. The van der Waals surface area contributed by atoms with Crippen LogP contribution in [-0.2, 0) is 6.54 Å². The second-order valence-corrected chi connectivity index (χ2v) is 4.14. The number of carbonyl (C=O) groups is 1. The van der Waals surface area contributed by atoms with Crippen molar-refractivity contribution in [3.05, 3.63) is 44.8 Å². The van der Waals surface area contributed by atoms with Crippen LogP contribution in [0.4, 0.5) is 5.69 Å². The van der Waals surface area contributed by atoms with Gasteiger partial charge in [0.2, 0.25) is 0 Å². The minimum Gasteiger partial charge on any atom is -0.397 e. The molecule has 0 spiro atoms. The summed E-state index contributed by atoms with van der Waals surface area (Å²) in [6.45, 7) is 0.244. The molecule has 0 saturated carbocycles. The van der Waals surface area contributed by atoms with E-state index in [-0.39, 0.29) is 23.0 Å². The molecular weight excluding hydrogens is 240 g/mol. The number of aromatic nitrogens is 2. The number of thiazole rings is 1. The van der Waals surface area contributed by atoms with E-state index >= 15 is 0 Å². The van der Waals surface area contributed by atoms with Crippen molar-refractivity contribution in [3.8, 4) is 0 Å². The number of H-pyrrole nitrogens is 1. The Morgan fingerprint density at radius 3 is 3.06 bits per heavy atom. The van der Waals surface area contributed by atoms with Gasteiger partial charge in [-0.3, -0.25) is 9.59 Å². The topological polar surface area (TPSA) is 101 Å². The average molecular weight is 250 g/mol. The summed E-state index contributed by atoms with van der Waals surface area (Å²) in [4.78, 5) is 28.9. The number of hydrogen-bond acceptors (Lipinski definition) is 5. The highest BCUT2D eigenvalue weighted by molar-refractivity contribution is 7.07. The van der Waals surface area contributed by atoms with Crippen LogP contribution in [0.5, 0.6) is 0 Å². The highest BCUT2D eigenvalue weighted by atomic mass is 32.1. The SMILES string of the molecule is Nc1cccnc1C(=O)NCc1csc(=O)[nH]1. The van der Waals surface area contributed by atoms with Crippen LogP contribution in [0.2, 0.25) is 0 Å². The van der Waals surface area contributed by atoms with Gasteiger partial charge < -0.3 is 16.0 Å². The van der Waals surface area contributed by atoms with Gasteiger partial charge in [0, 0.05) is 17.3 Å². The summed E-state index contributed by atoms with van der Waals surface area (Å²) in [6, 6.07) is 3.26. The maximum Gasteiger partial charge on any atom is 0.304 e. The van der Waals surface area contributed by atoms with E-state index in [1.54, 1.807) is 17.5 Å². The van der Waals surface area contributed by atoms with E-state index in [0.29, 0.717) is 11.4 Å². The van der Waals surface area contributed by atoms with E-state index in [1.807, 2.05) is 0 Å². The molecule has 2 aromatic rings. The second kappa shape index (κ2) is 4.79. The largest absolute Gasteiger partial charge is 0.397 e. The number of rotatable bonds is 3. The Hall–Kier alpha value is -2.15. The molecule has 0 aliphatic heterocycles. The second-order valence-electron chi connectivity index (χ2n) is 3.30. The third kappa shape index (κ3) is 2.70. The Bertz CT molecular complexity index is 590. The number of anilines is 1. The summed E-state index contributed by atoms with van der Waals surface area (Å²) in [5.74, 6) is -0.366. The molecule has 17 heavy (non-hydrogen) atoms. The lowest BCUT2D eigenvalue weighted by molar-refractivity contribution is 0.0946. The number of nitrogen functional groups attached to an aromatic ring is 1. The molecule has 0 fully saturated rings. The normalized spacial score (nSPS) is 10.1. The standard InChI is InChI=1S/C10H10N4O2S/c11-7-2-1-3-12-8(7)9(15)13-4-6-5-17-10(16)14-6/h1-3,5H,4,11H2,(H,13,15)(H,14,16). The molecule has 2 rings (SSSR count). The molecule has 0 unspecified atom stereocenters. The number of nitrogens with one attached hydrogen (secondary N) is 2. The minimum atomic E-state index is -0.366. The molecule has 0 aliphatic rings. The van der Waals surface area contributed by atoms with Crippen molar-refractivity contribution in [2.75, 3.05) is 5.73 Å². The summed E-state index contributed by atoms with van der Waals surface area (Å²) in [5, 5.41) is 4.28. The molecule has 0 aromatic carbocycles. The van der Waals surface area contributed by atoms with Gasteiger partial charge in [0.25, 0.3) is 5.91 Å². The first-order valence-corrected chi connectivity index (χ1v) is 5.70. The lowest BCUT2D eigenvalue weighted by Gasteiger charge is -2.04. The van der Waals surface area contributed by atoms with Crippen LogP contribution in [0.1, 0.15) is 16.2 Å². The van der Waals surface area contributed by atoms with Crippen LogP contribution in [0.25, 0.3) is 0 Å². The van der Waals surface area contributed by atoms with Crippen LogP contribution >= 0.6 is 11.3 Å². The molecule has 88 valence electrons. The number of amides is 1. The summed E-state index contributed by atoms with van der Waals surface area (Å²) in [6.07, 6.45) is 1.50. The van der Waals surface area contributed by atoms with Crippen LogP contribution in [0.15, 0.2) is 28.5 Å². The van der Waals surface area contributed by atoms with Crippen molar-refractivity contribution in [2.45, 2.75) is 6.54 Å². The third-order valence-corrected chi connectivity index (χ3v) is 2.78. The molecule has 0 radical (unpaired) electrons. The fourth-order valence-corrected chi connectivity index (χ4v) is 1.85. The van der Waals surface area contributed by atoms with Crippen LogP contribution < -0.4 is 15.9 Å². The summed E-state index contributed by atoms with van der Waals surface area (Å²) < 4.78 is 0. The van der Waals surface area contributed by atoms with Gasteiger partial charge in [0.1, 0.15) is 0 Å². The van der Waals surface area contributed by atoms with Gasteiger partial charge in [-0.15, -0.1) is 0 Å². The quantitative estimate of drug-likeness (QED) is 0.731. The zero-order chi connectivity index (χ0) is 12.3. The van der Waals surface area contributed by atoms with Gasteiger partial charge >= 0.3 is 4.87 Å². The van der Waals surface area contributed by atoms with E-state index < -0.39 is 0 Å². The van der Waals surface area contributed by atoms with Crippen molar-refractivity contribution in [1.82, 2.24) is 15.3 Å². The van der Waals surface area contributed by atoms with E-state index in [0.717, 1.165) is 11.3 Å². The summed E-state index contributed by atoms with van der Waals surface area (Å²) >= 11 is 1.05. The highest BCUT2D eigenvalue weighted by Gasteiger charge is 2.10. The van der Waals surface area contributed by atoms with Gasteiger partial charge in [-0.2, -0.15) is 0 Å². The molecule has 4 N–H and O–H groups in total. The van der Waals surface area contributed by atoms with Gasteiger partial charge in [-0.25, -0.2) is 4.98 Å². The Balaban J connectivity index is 2.03. The average Bonchev–Trinajstić information content (AvgIpc) is 2.73. The molecule has 0 bridgehead atoms. The van der Waals surface area contributed by atoms with Crippen molar-refractivity contribution in [2.24, 2.45) is 0 Å². The van der Waals surface area contributed by atoms with E-state index in [2.05, 4.69) is 15.3 Å². The maximum atomic E-state index is 11.7. The summed E-state index contributed by atoms with van der Waals surface area (Å²) in [5.41, 5.74) is 6.78. The smallest absolute Gasteiger partial charge is 0.304 e. The fraction of sp³-hybridized carbons (Fsp3) is 0.100. The van der Waals surface area contributed by atoms with Crippen molar-refractivity contribution < 1.29 is 4.79 Å². The molecule has 6 nitrogen and oxygen atoms in total. The highest BCUT2D eigenvalue weighted by Crippen LogP contribution is 2.06. The van der Waals surface area contributed by atoms with E-state index in [1.165, 1.54) is 6.20 Å². The van der Waals surface area contributed by atoms with E-state index in [9.17, 15) is 9.59 Å². The molecule has 1 amide bonds. The minimum absolute atomic E-state index is 0.147. The third-order valence-electron chi connectivity index (χ3n) is 2.06. The first-order chi connectivity index (χ1) is 8.16. The van der Waals surface area contributed by atoms with Gasteiger partial charge in [0.15, 0.2) is 5.69 Å². The van der Waals surface area contributed by atoms with Gasteiger partial charge in [-0.1, -0.05) is 11.3 Å². The first-order valence-electron chi connectivity index (χ1n) is 4.82. The Labute approximate surface area is 101 Å². The summed E-state index contributed by atoms with van der Waals surface area (Å²) in [7, 11) is 0. The Morgan fingerprint density at radius 2 is 2.41 bits per heavy atom. The zero-order valence-electron chi connectivity index (χ0n) is 8.77. The van der Waals surface area contributed by atoms with Crippen molar-refractivity contribution in [1.29, 1.82) is 0 Å². The van der Waals surface area contributed by atoms with E-state index in [4.69, 9.17) is 5.73 Å². The number of nitrogens with two attached hydrogens (primary N) is 1. The van der Waals surface area contributed by atoms with Crippen LogP contribution in [0, 0.1) is 0 Å². The molecule has 7 heteroatoms. The number of nitrogens with zero attached hydrogens (tertiary/aromatic N) is 1. The molecule has 0 saturated heterocycles. The zero-order valence-corrected chi connectivity index (χ0v) is 9.58. The molecular formula is C10H10N4O2S. The number of pyridine rings is 1. The van der Waals surface area contributed by atoms with Crippen molar-refractivity contribution in [3.63, 3.8) is 0 Å². The maximum absolute atomic E-state index is 11.7. The first kappa shape index (κ1) is 11.3. The lowest BCUT2D eigenvalue weighted by Crippen LogP contribution is -2.25. The van der Waals surface area contributed by atoms with Crippen LogP contribution in [0.3, 0.4) is 0 Å². The lowest BCUT2D eigenvalue weighted by atomic mass is 10.3. The van der Waals surface area contributed by atoms with Crippen molar-refractivity contribution >= 4 is 22.9 Å². The molecule has 0 atom stereocenters. The number of aromatic amines is 1. The number of carbonyl (C=O) groups excluding carboxylic acids is 1.